The lowest BCUT2D eigenvalue weighted by Crippen LogP contribution is -1.99. The van der Waals surface area contributed by atoms with Gasteiger partial charge in [-0.3, -0.25) is 4.79 Å². The van der Waals surface area contributed by atoms with Gasteiger partial charge in [0.1, 0.15) is 0 Å². The molecule has 14 heavy (non-hydrogen) atoms. The van der Waals surface area contributed by atoms with Crippen LogP contribution >= 0.6 is 23.1 Å². The van der Waals surface area contributed by atoms with Crippen LogP contribution in [0.15, 0.2) is 4.34 Å². The average Bonchev–Trinajstić information content (AvgIpc) is 2.79. The molecule has 0 unspecified atom stereocenters. The van der Waals surface area contributed by atoms with Gasteiger partial charge in [-0.2, -0.15) is 0 Å². The first-order valence-electron chi connectivity index (χ1n) is 4.50. The number of thioether (sulfide) groups is 1. The fourth-order valence-corrected chi connectivity index (χ4v) is 3.61. The number of nitrogens with zero attached hydrogens (tertiary/aromatic N) is 1. The number of rotatable bonds is 4. The molecule has 1 saturated carbocycles. The maximum atomic E-state index is 10.5. The van der Waals surface area contributed by atoms with Crippen molar-refractivity contribution in [3.8, 4) is 0 Å². The van der Waals surface area contributed by atoms with Crippen molar-refractivity contribution >= 4 is 29.1 Å². The second kappa shape index (κ2) is 3.90. The second-order valence-electron chi connectivity index (χ2n) is 3.38. The molecule has 1 aliphatic carbocycles. The molecule has 3 nitrogen and oxygen atoms in total. The maximum Gasteiger partial charge on any atom is 0.308 e. The Morgan fingerprint density at radius 3 is 3.00 bits per heavy atom. The molecule has 0 saturated heterocycles. The fraction of sp³-hybridized carbons (Fsp3) is 0.556. The van der Waals surface area contributed by atoms with Gasteiger partial charge in [-0.05, 0) is 19.8 Å². The Morgan fingerprint density at radius 2 is 2.43 bits per heavy atom. The van der Waals surface area contributed by atoms with E-state index in [1.807, 2.05) is 6.92 Å². The van der Waals surface area contributed by atoms with Crippen molar-refractivity contribution in [3.63, 3.8) is 0 Å². The van der Waals surface area contributed by atoms with Gasteiger partial charge < -0.3 is 5.11 Å². The Hall–Kier alpha value is -0.550. The lowest BCUT2D eigenvalue weighted by atomic mass is 10.3. The number of carbonyl (C=O) groups is 1. The molecule has 76 valence electrons. The smallest absolute Gasteiger partial charge is 0.308 e. The second-order valence-corrected chi connectivity index (χ2v) is 6.01. The van der Waals surface area contributed by atoms with E-state index in [1.54, 1.807) is 11.8 Å². The number of carboxylic acids is 1. The molecule has 1 aromatic heterocycles. The van der Waals surface area contributed by atoms with E-state index in [2.05, 4.69) is 4.98 Å². The molecular weight excluding hydrogens is 218 g/mol. The molecule has 0 bridgehead atoms. The van der Waals surface area contributed by atoms with Crippen molar-refractivity contribution < 1.29 is 9.90 Å². The minimum atomic E-state index is -0.778. The Labute approximate surface area is 90.6 Å². The highest BCUT2D eigenvalue weighted by Gasteiger charge is 2.24. The first kappa shape index (κ1) is 9.98. The fourth-order valence-electron chi connectivity index (χ4n) is 1.08. The quantitative estimate of drug-likeness (QED) is 0.861. The predicted octanol–water partition coefficient (Wildman–Crippen LogP) is 2.33. The highest BCUT2D eigenvalue weighted by Crippen LogP contribution is 2.41. The van der Waals surface area contributed by atoms with E-state index in [0.717, 1.165) is 20.2 Å². The Morgan fingerprint density at radius 1 is 1.71 bits per heavy atom. The zero-order valence-corrected chi connectivity index (χ0v) is 9.45. The SMILES string of the molecule is Cc1nc(SC2CC2)sc1CC(=O)O. The normalized spacial score (nSPS) is 15.8. The zero-order chi connectivity index (χ0) is 10.1. The first-order valence-corrected chi connectivity index (χ1v) is 6.19. The number of aryl methyl sites for hydroxylation is 1. The van der Waals surface area contributed by atoms with Crippen LogP contribution in [0, 0.1) is 6.92 Å². The van der Waals surface area contributed by atoms with Crippen molar-refractivity contribution in [2.75, 3.05) is 0 Å². The molecule has 1 aliphatic rings. The summed E-state index contributed by atoms with van der Waals surface area (Å²) in [5.74, 6) is -0.778. The van der Waals surface area contributed by atoms with E-state index in [-0.39, 0.29) is 6.42 Å². The topological polar surface area (TPSA) is 50.2 Å². The molecule has 0 aliphatic heterocycles. The van der Waals surface area contributed by atoms with Crippen LogP contribution in [0.2, 0.25) is 0 Å². The number of thiazole rings is 1. The van der Waals surface area contributed by atoms with E-state index in [0.29, 0.717) is 0 Å². The summed E-state index contributed by atoms with van der Waals surface area (Å²) in [6, 6.07) is 0. The van der Waals surface area contributed by atoms with Gasteiger partial charge in [0.25, 0.3) is 0 Å². The number of carboxylic acid groups (broad SMARTS) is 1. The highest BCUT2D eigenvalue weighted by atomic mass is 32.2. The van der Waals surface area contributed by atoms with Crippen LogP contribution in [0.3, 0.4) is 0 Å². The Kier molecular flexibility index (Phi) is 2.78. The minimum absolute atomic E-state index is 0.106. The molecule has 1 N–H and O–H groups in total. The third-order valence-corrected chi connectivity index (χ3v) is 4.57. The Bertz CT molecular complexity index is 358. The maximum absolute atomic E-state index is 10.5. The summed E-state index contributed by atoms with van der Waals surface area (Å²) in [5.41, 5.74) is 0.876. The molecule has 0 amide bonds. The number of hydrogen-bond acceptors (Lipinski definition) is 4. The highest BCUT2D eigenvalue weighted by molar-refractivity contribution is 8.01. The van der Waals surface area contributed by atoms with Gasteiger partial charge in [-0.25, -0.2) is 4.98 Å². The third-order valence-electron chi connectivity index (χ3n) is 1.98. The molecule has 1 heterocycles. The monoisotopic (exact) mass is 229 g/mol. The standard InChI is InChI=1S/C9H11NO2S2/c1-5-7(4-8(11)12)14-9(10-5)13-6-2-3-6/h6H,2-4H2,1H3,(H,11,12). The van der Waals surface area contributed by atoms with Gasteiger partial charge >= 0.3 is 5.97 Å². The van der Waals surface area contributed by atoms with E-state index >= 15 is 0 Å². The van der Waals surface area contributed by atoms with E-state index in [9.17, 15) is 4.79 Å². The molecule has 0 spiro atoms. The van der Waals surface area contributed by atoms with Crippen molar-refractivity contribution in [3.05, 3.63) is 10.6 Å². The molecule has 0 radical (unpaired) electrons. The van der Waals surface area contributed by atoms with E-state index < -0.39 is 5.97 Å². The van der Waals surface area contributed by atoms with Crippen molar-refractivity contribution in [2.45, 2.75) is 35.8 Å². The molecule has 1 aromatic rings. The van der Waals surface area contributed by atoms with Gasteiger partial charge in [0.2, 0.25) is 0 Å². The van der Waals surface area contributed by atoms with Crippen LogP contribution in [0.1, 0.15) is 23.4 Å². The van der Waals surface area contributed by atoms with Crippen LogP contribution in [0.5, 0.6) is 0 Å². The average molecular weight is 229 g/mol. The largest absolute Gasteiger partial charge is 0.481 e. The third kappa shape index (κ3) is 2.48. The summed E-state index contributed by atoms with van der Waals surface area (Å²) >= 11 is 3.31. The van der Waals surface area contributed by atoms with Gasteiger partial charge in [0.15, 0.2) is 4.34 Å². The molecule has 5 heteroatoms. The lowest BCUT2D eigenvalue weighted by molar-refractivity contribution is -0.136. The summed E-state index contributed by atoms with van der Waals surface area (Å²) in [6.07, 6.45) is 2.66. The van der Waals surface area contributed by atoms with Gasteiger partial charge in [0, 0.05) is 10.1 Å². The van der Waals surface area contributed by atoms with E-state index in [1.165, 1.54) is 24.2 Å². The molecule has 2 rings (SSSR count). The first-order chi connectivity index (χ1) is 6.65. The molecule has 0 aromatic carbocycles. The lowest BCUT2D eigenvalue weighted by Gasteiger charge is -1.90. The van der Waals surface area contributed by atoms with Crippen molar-refractivity contribution in [1.29, 1.82) is 0 Å². The summed E-state index contributed by atoms with van der Waals surface area (Å²) in [4.78, 5) is 15.8. The number of aliphatic carboxylic acids is 1. The number of hydrogen-bond donors (Lipinski definition) is 1. The number of aromatic nitrogens is 1. The zero-order valence-electron chi connectivity index (χ0n) is 7.82. The van der Waals surface area contributed by atoms with Crippen molar-refractivity contribution in [1.82, 2.24) is 4.98 Å². The van der Waals surface area contributed by atoms with Crippen LogP contribution < -0.4 is 0 Å². The van der Waals surface area contributed by atoms with Crippen LogP contribution in [-0.2, 0) is 11.2 Å². The minimum Gasteiger partial charge on any atom is -0.481 e. The molecule has 1 fully saturated rings. The molecule has 0 atom stereocenters. The Balaban J connectivity index is 2.07. The van der Waals surface area contributed by atoms with Crippen LogP contribution in [0.25, 0.3) is 0 Å². The summed E-state index contributed by atoms with van der Waals surface area (Å²) < 4.78 is 1.03. The molecular formula is C9H11NO2S2. The van der Waals surface area contributed by atoms with Crippen LogP contribution in [-0.4, -0.2) is 21.3 Å². The van der Waals surface area contributed by atoms with Crippen LogP contribution in [0.4, 0.5) is 0 Å². The van der Waals surface area contributed by atoms with Crippen molar-refractivity contribution in [2.24, 2.45) is 0 Å². The predicted molar refractivity (Wildman–Crippen MR) is 57.1 cm³/mol. The summed E-state index contributed by atoms with van der Waals surface area (Å²) in [6.45, 7) is 1.88. The van der Waals surface area contributed by atoms with Gasteiger partial charge in [-0.1, -0.05) is 11.8 Å². The van der Waals surface area contributed by atoms with Gasteiger partial charge in [-0.15, -0.1) is 11.3 Å². The summed E-state index contributed by atoms with van der Waals surface area (Å²) in [7, 11) is 0. The van der Waals surface area contributed by atoms with E-state index in [4.69, 9.17) is 5.11 Å². The summed E-state index contributed by atoms with van der Waals surface area (Å²) in [5, 5.41) is 9.40. The van der Waals surface area contributed by atoms with Gasteiger partial charge in [0.05, 0.1) is 12.1 Å².